The van der Waals surface area contributed by atoms with Gasteiger partial charge < -0.3 is 4.98 Å². The van der Waals surface area contributed by atoms with Crippen molar-refractivity contribution in [2.45, 2.75) is 6.92 Å². The third-order valence-corrected chi connectivity index (χ3v) is 4.48. The van der Waals surface area contributed by atoms with Crippen molar-refractivity contribution in [3.63, 3.8) is 0 Å². The van der Waals surface area contributed by atoms with Gasteiger partial charge in [-0.15, -0.1) is 0 Å². The lowest BCUT2D eigenvalue weighted by Gasteiger charge is -2.12. The van der Waals surface area contributed by atoms with Gasteiger partial charge in [-0.1, -0.05) is 48.0 Å². The molecular weight excluding hydrogens is 350 g/mol. The number of allylic oxidation sites excluding steroid dienone is 1. The molecule has 0 aliphatic rings. The molecule has 28 heavy (non-hydrogen) atoms. The molecule has 4 aromatic rings. The summed E-state index contributed by atoms with van der Waals surface area (Å²) in [7, 11) is 0. The standard InChI is InChI=1S/C23H17N3O2/c1-15-5-4-6-17(11-15)21-18-7-2-3-8-19(18)26-23(28)22(21)20(27)10-9-16-12-24-14-25-13-16/h2-14H,1H3,(H,26,28)/b10-9+. The Kier molecular flexibility index (Phi) is 4.64. The van der Waals surface area contributed by atoms with E-state index >= 15 is 0 Å². The van der Waals surface area contributed by atoms with Gasteiger partial charge in [0.15, 0.2) is 5.78 Å². The second-order valence-corrected chi connectivity index (χ2v) is 6.49. The van der Waals surface area contributed by atoms with Gasteiger partial charge in [0, 0.05) is 34.4 Å². The zero-order valence-corrected chi connectivity index (χ0v) is 15.2. The van der Waals surface area contributed by atoms with E-state index < -0.39 is 5.56 Å². The van der Waals surface area contributed by atoms with Gasteiger partial charge in [-0.25, -0.2) is 9.97 Å². The average Bonchev–Trinajstić information content (AvgIpc) is 2.71. The van der Waals surface area contributed by atoms with Crippen molar-refractivity contribution in [2.24, 2.45) is 0 Å². The van der Waals surface area contributed by atoms with E-state index in [0.29, 0.717) is 16.6 Å². The van der Waals surface area contributed by atoms with Crippen molar-refractivity contribution in [2.75, 3.05) is 0 Å². The molecular formula is C23H17N3O2. The number of fused-ring (bicyclic) bond motifs is 1. The Morgan fingerprint density at radius 1 is 1.04 bits per heavy atom. The molecule has 0 aliphatic heterocycles. The van der Waals surface area contributed by atoms with Crippen molar-refractivity contribution in [3.8, 4) is 11.1 Å². The van der Waals surface area contributed by atoms with E-state index in [9.17, 15) is 9.59 Å². The number of pyridine rings is 1. The minimum atomic E-state index is -0.408. The minimum Gasteiger partial charge on any atom is -0.321 e. The van der Waals surface area contributed by atoms with E-state index in [1.807, 2.05) is 55.5 Å². The van der Waals surface area contributed by atoms with Crippen LogP contribution in [0.4, 0.5) is 0 Å². The first kappa shape index (κ1) is 17.5. The zero-order chi connectivity index (χ0) is 19.5. The largest absolute Gasteiger partial charge is 0.321 e. The lowest BCUT2D eigenvalue weighted by Crippen LogP contribution is -2.18. The van der Waals surface area contributed by atoms with Crippen LogP contribution in [0.2, 0.25) is 0 Å². The molecule has 2 aromatic heterocycles. The third-order valence-electron chi connectivity index (χ3n) is 4.48. The van der Waals surface area contributed by atoms with Gasteiger partial charge in [-0.2, -0.15) is 0 Å². The smallest absolute Gasteiger partial charge is 0.260 e. The number of hydrogen-bond acceptors (Lipinski definition) is 4. The molecule has 0 fully saturated rings. The van der Waals surface area contributed by atoms with E-state index in [2.05, 4.69) is 15.0 Å². The number of hydrogen-bond donors (Lipinski definition) is 1. The number of para-hydroxylation sites is 1. The Labute approximate surface area is 161 Å². The molecule has 2 heterocycles. The van der Waals surface area contributed by atoms with Gasteiger partial charge in [-0.05, 0) is 30.7 Å². The van der Waals surface area contributed by atoms with Crippen LogP contribution in [-0.4, -0.2) is 20.7 Å². The van der Waals surface area contributed by atoms with Gasteiger partial charge in [0.2, 0.25) is 0 Å². The van der Waals surface area contributed by atoms with Gasteiger partial charge in [0.05, 0.1) is 5.56 Å². The number of carbonyl (C=O) groups is 1. The molecule has 5 heteroatoms. The predicted molar refractivity (Wildman–Crippen MR) is 110 cm³/mol. The zero-order valence-electron chi connectivity index (χ0n) is 15.2. The average molecular weight is 367 g/mol. The lowest BCUT2D eigenvalue weighted by molar-refractivity contribution is 0.104. The molecule has 1 N–H and O–H groups in total. The molecule has 136 valence electrons. The van der Waals surface area contributed by atoms with Crippen LogP contribution in [0.25, 0.3) is 28.1 Å². The molecule has 4 rings (SSSR count). The van der Waals surface area contributed by atoms with Crippen LogP contribution in [-0.2, 0) is 0 Å². The first-order valence-electron chi connectivity index (χ1n) is 8.83. The molecule has 2 aromatic carbocycles. The lowest BCUT2D eigenvalue weighted by atomic mass is 9.93. The second-order valence-electron chi connectivity index (χ2n) is 6.49. The highest BCUT2D eigenvalue weighted by Crippen LogP contribution is 2.30. The molecule has 0 radical (unpaired) electrons. The minimum absolute atomic E-state index is 0.123. The number of benzene rings is 2. The first-order valence-corrected chi connectivity index (χ1v) is 8.83. The number of H-pyrrole nitrogens is 1. The molecule has 0 spiro atoms. The van der Waals surface area contributed by atoms with Crippen molar-refractivity contribution in [3.05, 3.63) is 100 Å². The Bertz CT molecular complexity index is 1260. The maximum Gasteiger partial charge on any atom is 0.260 e. The number of ketones is 1. The fourth-order valence-electron chi connectivity index (χ4n) is 3.23. The predicted octanol–water partition coefficient (Wildman–Crippen LogP) is 4.19. The van der Waals surface area contributed by atoms with Gasteiger partial charge in [0.1, 0.15) is 6.33 Å². The Morgan fingerprint density at radius 3 is 2.61 bits per heavy atom. The second kappa shape index (κ2) is 7.40. The summed E-state index contributed by atoms with van der Waals surface area (Å²) >= 11 is 0. The summed E-state index contributed by atoms with van der Waals surface area (Å²) < 4.78 is 0. The van der Waals surface area contributed by atoms with Gasteiger partial charge >= 0.3 is 0 Å². The first-order chi connectivity index (χ1) is 13.6. The van der Waals surface area contributed by atoms with E-state index in [-0.39, 0.29) is 11.3 Å². The third kappa shape index (κ3) is 3.38. The number of aryl methyl sites for hydroxylation is 1. The Morgan fingerprint density at radius 2 is 1.82 bits per heavy atom. The molecule has 0 amide bonds. The quantitative estimate of drug-likeness (QED) is 0.433. The SMILES string of the molecule is Cc1cccc(-c2c(C(=O)/C=C/c3cncnc3)c(=O)[nH]c3ccccc23)c1. The van der Waals surface area contributed by atoms with Crippen molar-refractivity contribution in [1.29, 1.82) is 0 Å². The van der Waals surface area contributed by atoms with Crippen LogP contribution in [0.3, 0.4) is 0 Å². The maximum absolute atomic E-state index is 13.0. The van der Waals surface area contributed by atoms with E-state index in [1.54, 1.807) is 18.5 Å². The highest BCUT2D eigenvalue weighted by atomic mass is 16.1. The number of aromatic nitrogens is 3. The molecule has 0 aliphatic carbocycles. The molecule has 0 bridgehead atoms. The number of aromatic amines is 1. The van der Waals surface area contributed by atoms with Gasteiger partial charge in [-0.3, -0.25) is 9.59 Å². The van der Waals surface area contributed by atoms with Gasteiger partial charge in [0.25, 0.3) is 5.56 Å². The highest BCUT2D eigenvalue weighted by molar-refractivity contribution is 6.15. The summed E-state index contributed by atoms with van der Waals surface area (Å²) in [5, 5.41) is 0.826. The van der Waals surface area contributed by atoms with Crippen molar-refractivity contribution >= 4 is 22.8 Å². The number of carbonyl (C=O) groups excluding carboxylic acids is 1. The van der Waals surface area contributed by atoms with Crippen molar-refractivity contribution < 1.29 is 4.79 Å². The van der Waals surface area contributed by atoms with E-state index in [0.717, 1.165) is 16.5 Å². The summed E-state index contributed by atoms with van der Waals surface area (Å²) in [6, 6.07) is 15.3. The summed E-state index contributed by atoms with van der Waals surface area (Å²) in [6.07, 6.45) is 7.61. The van der Waals surface area contributed by atoms with Crippen LogP contribution in [0.1, 0.15) is 21.5 Å². The van der Waals surface area contributed by atoms with Crippen LogP contribution in [0, 0.1) is 6.92 Å². The van der Waals surface area contributed by atoms with E-state index in [1.165, 1.54) is 12.4 Å². The highest BCUT2D eigenvalue weighted by Gasteiger charge is 2.19. The summed E-state index contributed by atoms with van der Waals surface area (Å²) in [5.41, 5.74) is 3.62. The number of nitrogens with one attached hydrogen (secondary N) is 1. The summed E-state index contributed by atoms with van der Waals surface area (Å²) in [5.74, 6) is -0.368. The van der Waals surface area contributed by atoms with E-state index in [4.69, 9.17) is 0 Å². The number of nitrogens with zero attached hydrogens (tertiary/aromatic N) is 2. The molecule has 5 nitrogen and oxygen atoms in total. The molecule has 0 saturated heterocycles. The van der Waals surface area contributed by atoms with Crippen molar-refractivity contribution in [1.82, 2.24) is 15.0 Å². The van der Waals surface area contributed by atoms with Crippen LogP contribution in [0.5, 0.6) is 0 Å². The molecule has 0 unspecified atom stereocenters. The summed E-state index contributed by atoms with van der Waals surface area (Å²) in [4.78, 5) is 36.5. The Balaban J connectivity index is 1.94. The molecule has 0 atom stereocenters. The Hall–Kier alpha value is -3.86. The number of rotatable bonds is 4. The van der Waals surface area contributed by atoms with Crippen LogP contribution >= 0.6 is 0 Å². The summed E-state index contributed by atoms with van der Waals surface area (Å²) in [6.45, 7) is 1.98. The monoisotopic (exact) mass is 367 g/mol. The fourth-order valence-corrected chi connectivity index (χ4v) is 3.23. The topological polar surface area (TPSA) is 75.7 Å². The molecule has 0 saturated carbocycles. The van der Waals surface area contributed by atoms with Crippen LogP contribution < -0.4 is 5.56 Å². The normalized spacial score (nSPS) is 11.2. The fraction of sp³-hybridized carbons (Fsp3) is 0.0435. The maximum atomic E-state index is 13.0. The van der Waals surface area contributed by atoms with Crippen LogP contribution in [0.15, 0.2) is 78.1 Å².